The summed E-state index contributed by atoms with van der Waals surface area (Å²) in [5, 5.41) is 11.5. The number of aliphatic carboxylic acids is 1. The van der Waals surface area contributed by atoms with Crippen LogP contribution in [0.4, 0.5) is 0 Å². The minimum atomic E-state index is -0.775. The van der Waals surface area contributed by atoms with Crippen LogP contribution in [0.15, 0.2) is 0 Å². The van der Waals surface area contributed by atoms with Gasteiger partial charge in [0.15, 0.2) is 0 Å². The predicted molar refractivity (Wildman–Crippen MR) is 75.8 cm³/mol. The zero-order chi connectivity index (χ0) is 14.9. The fourth-order valence-corrected chi connectivity index (χ4v) is 2.02. The molecule has 0 radical (unpaired) electrons. The Morgan fingerprint density at radius 3 is 2.21 bits per heavy atom. The van der Waals surface area contributed by atoms with E-state index in [2.05, 4.69) is 5.32 Å². The Kier molecular flexibility index (Phi) is 8.39. The van der Waals surface area contributed by atoms with Crippen LogP contribution in [0, 0.1) is 5.92 Å². The molecule has 0 saturated heterocycles. The Hall–Kier alpha value is -1.10. The smallest absolute Gasteiger partial charge is 0.303 e. The van der Waals surface area contributed by atoms with Gasteiger partial charge in [-0.1, -0.05) is 27.2 Å². The lowest BCUT2D eigenvalue weighted by atomic mass is 9.92. The molecule has 1 amide bonds. The van der Waals surface area contributed by atoms with Gasteiger partial charge < -0.3 is 16.2 Å². The Morgan fingerprint density at radius 1 is 1.21 bits per heavy atom. The fraction of sp³-hybridized carbons (Fsp3) is 0.857. The molecule has 0 spiro atoms. The van der Waals surface area contributed by atoms with Crippen molar-refractivity contribution in [2.24, 2.45) is 11.7 Å². The first kappa shape index (κ1) is 17.9. The Morgan fingerprint density at radius 2 is 1.79 bits per heavy atom. The maximum Gasteiger partial charge on any atom is 0.303 e. The van der Waals surface area contributed by atoms with E-state index in [0.29, 0.717) is 31.7 Å². The SMILES string of the molecule is CCC(CCNC(=O)C(N)(CC)CC)CCC(=O)O. The maximum absolute atomic E-state index is 11.9. The molecule has 1 atom stereocenters. The van der Waals surface area contributed by atoms with Crippen molar-refractivity contribution in [1.29, 1.82) is 0 Å². The molecule has 0 saturated carbocycles. The molecular formula is C14H28N2O3. The normalized spacial score (nSPS) is 13.1. The van der Waals surface area contributed by atoms with E-state index < -0.39 is 11.5 Å². The summed E-state index contributed by atoms with van der Waals surface area (Å²) in [6.45, 7) is 6.42. The van der Waals surface area contributed by atoms with E-state index in [1.807, 2.05) is 20.8 Å². The van der Waals surface area contributed by atoms with Crippen LogP contribution in [-0.2, 0) is 9.59 Å². The van der Waals surface area contributed by atoms with Crippen molar-refractivity contribution in [3.8, 4) is 0 Å². The largest absolute Gasteiger partial charge is 0.481 e. The molecule has 0 heterocycles. The molecule has 0 aromatic carbocycles. The van der Waals surface area contributed by atoms with Gasteiger partial charge in [-0.2, -0.15) is 0 Å². The van der Waals surface area contributed by atoms with Gasteiger partial charge >= 0.3 is 5.97 Å². The molecule has 5 nitrogen and oxygen atoms in total. The van der Waals surface area contributed by atoms with Crippen molar-refractivity contribution in [1.82, 2.24) is 5.32 Å². The first-order valence-corrected chi connectivity index (χ1v) is 7.18. The second-order valence-corrected chi connectivity index (χ2v) is 5.11. The summed E-state index contributed by atoms with van der Waals surface area (Å²) in [7, 11) is 0. The predicted octanol–water partition coefficient (Wildman–Crippen LogP) is 1.90. The van der Waals surface area contributed by atoms with Gasteiger partial charge in [-0.3, -0.25) is 9.59 Å². The molecule has 0 fully saturated rings. The summed E-state index contributed by atoms with van der Waals surface area (Å²) >= 11 is 0. The highest BCUT2D eigenvalue weighted by Gasteiger charge is 2.29. The molecule has 1 unspecified atom stereocenters. The Labute approximate surface area is 115 Å². The van der Waals surface area contributed by atoms with E-state index in [4.69, 9.17) is 10.8 Å². The molecular weight excluding hydrogens is 244 g/mol. The van der Waals surface area contributed by atoms with Gasteiger partial charge in [-0.05, 0) is 31.6 Å². The Balaban J connectivity index is 4.05. The van der Waals surface area contributed by atoms with E-state index in [0.717, 1.165) is 12.8 Å². The lowest BCUT2D eigenvalue weighted by Gasteiger charge is -2.25. The highest BCUT2D eigenvalue weighted by atomic mass is 16.4. The van der Waals surface area contributed by atoms with Crippen molar-refractivity contribution in [3.63, 3.8) is 0 Å². The molecule has 0 aliphatic carbocycles. The van der Waals surface area contributed by atoms with Gasteiger partial charge in [0, 0.05) is 13.0 Å². The van der Waals surface area contributed by atoms with Crippen molar-refractivity contribution in [2.75, 3.05) is 6.54 Å². The average molecular weight is 272 g/mol. The van der Waals surface area contributed by atoms with Crippen molar-refractivity contribution >= 4 is 11.9 Å². The summed E-state index contributed by atoms with van der Waals surface area (Å²) in [4.78, 5) is 22.5. The molecule has 0 aliphatic rings. The number of nitrogens with two attached hydrogens (primary N) is 1. The number of nitrogens with one attached hydrogen (secondary N) is 1. The van der Waals surface area contributed by atoms with E-state index in [-0.39, 0.29) is 12.3 Å². The van der Waals surface area contributed by atoms with E-state index in [9.17, 15) is 9.59 Å². The second-order valence-electron chi connectivity index (χ2n) is 5.11. The quantitative estimate of drug-likeness (QED) is 0.566. The van der Waals surface area contributed by atoms with Gasteiger partial charge in [0.2, 0.25) is 5.91 Å². The zero-order valence-corrected chi connectivity index (χ0v) is 12.4. The summed E-state index contributed by atoms with van der Waals surface area (Å²) in [5.41, 5.74) is 5.22. The van der Waals surface area contributed by atoms with Crippen LogP contribution < -0.4 is 11.1 Å². The molecule has 0 aromatic rings. The first-order chi connectivity index (χ1) is 8.89. The van der Waals surface area contributed by atoms with E-state index >= 15 is 0 Å². The van der Waals surface area contributed by atoms with Crippen LogP contribution in [0.2, 0.25) is 0 Å². The van der Waals surface area contributed by atoms with Crippen molar-refractivity contribution < 1.29 is 14.7 Å². The van der Waals surface area contributed by atoms with Crippen LogP contribution in [0.25, 0.3) is 0 Å². The molecule has 0 bridgehead atoms. The summed E-state index contributed by atoms with van der Waals surface area (Å²) in [6.07, 6.45) is 3.82. The van der Waals surface area contributed by atoms with Gasteiger partial charge in [-0.25, -0.2) is 0 Å². The third-order valence-electron chi connectivity index (χ3n) is 3.90. The van der Waals surface area contributed by atoms with Gasteiger partial charge in [-0.15, -0.1) is 0 Å². The molecule has 19 heavy (non-hydrogen) atoms. The number of hydrogen-bond acceptors (Lipinski definition) is 3. The lowest BCUT2D eigenvalue weighted by Crippen LogP contribution is -2.53. The Bertz CT molecular complexity index is 288. The van der Waals surface area contributed by atoms with E-state index in [1.165, 1.54) is 0 Å². The molecule has 0 rings (SSSR count). The van der Waals surface area contributed by atoms with Crippen LogP contribution in [0.1, 0.15) is 59.3 Å². The number of hydrogen-bond donors (Lipinski definition) is 3. The van der Waals surface area contributed by atoms with Gasteiger partial charge in [0.1, 0.15) is 0 Å². The summed E-state index contributed by atoms with van der Waals surface area (Å²) < 4.78 is 0. The standard InChI is InChI=1S/C14H28N2O3/c1-4-11(7-8-12(17)18)9-10-16-13(19)14(15,5-2)6-3/h11H,4-10,15H2,1-3H3,(H,16,19)(H,17,18). The lowest BCUT2D eigenvalue weighted by molar-refractivity contribution is -0.137. The summed E-state index contributed by atoms with van der Waals surface area (Å²) in [6, 6.07) is 0. The minimum absolute atomic E-state index is 0.106. The van der Waals surface area contributed by atoms with Crippen molar-refractivity contribution in [3.05, 3.63) is 0 Å². The monoisotopic (exact) mass is 272 g/mol. The van der Waals surface area contributed by atoms with Gasteiger partial charge in [0.05, 0.1) is 5.54 Å². The highest BCUT2D eigenvalue weighted by Crippen LogP contribution is 2.15. The third-order valence-corrected chi connectivity index (χ3v) is 3.90. The highest BCUT2D eigenvalue weighted by molar-refractivity contribution is 5.85. The number of carbonyl (C=O) groups excluding carboxylic acids is 1. The maximum atomic E-state index is 11.9. The van der Waals surface area contributed by atoms with Crippen LogP contribution in [-0.4, -0.2) is 29.1 Å². The fourth-order valence-electron chi connectivity index (χ4n) is 2.02. The second kappa shape index (κ2) is 8.91. The van der Waals surface area contributed by atoms with Crippen LogP contribution in [0.5, 0.6) is 0 Å². The summed E-state index contributed by atoms with van der Waals surface area (Å²) in [5.74, 6) is -0.530. The third kappa shape index (κ3) is 6.57. The number of rotatable bonds is 10. The number of amides is 1. The van der Waals surface area contributed by atoms with Gasteiger partial charge in [0.25, 0.3) is 0 Å². The molecule has 4 N–H and O–H groups in total. The molecule has 112 valence electrons. The van der Waals surface area contributed by atoms with Crippen LogP contribution in [0.3, 0.4) is 0 Å². The van der Waals surface area contributed by atoms with Crippen LogP contribution >= 0.6 is 0 Å². The topological polar surface area (TPSA) is 92.4 Å². The number of carboxylic acid groups (broad SMARTS) is 1. The van der Waals surface area contributed by atoms with Crippen molar-refractivity contribution in [2.45, 2.75) is 64.8 Å². The zero-order valence-electron chi connectivity index (χ0n) is 12.4. The molecule has 0 aliphatic heterocycles. The molecule has 0 aromatic heterocycles. The first-order valence-electron chi connectivity index (χ1n) is 7.18. The average Bonchev–Trinajstić information content (AvgIpc) is 2.41. The number of carbonyl (C=O) groups is 2. The van der Waals surface area contributed by atoms with E-state index in [1.54, 1.807) is 0 Å². The molecule has 5 heteroatoms. The minimum Gasteiger partial charge on any atom is -0.481 e. The number of carboxylic acids is 1.